The molecule has 1 N–H and O–H groups in total. The van der Waals surface area contributed by atoms with Crippen molar-refractivity contribution in [3.63, 3.8) is 0 Å². The SMILES string of the molecule is CC(C)(C)OC(=O)N[C@@H](CC=O)[C@H]1O[C@@H]2OC(C)(C)O[C@@H]2[C@H]2OC(C)(C)O[C@H]21. The van der Waals surface area contributed by atoms with Crippen LogP contribution in [0.2, 0.25) is 0 Å². The highest BCUT2D eigenvalue weighted by Gasteiger charge is 2.61. The van der Waals surface area contributed by atoms with E-state index >= 15 is 0 Å². The highest BCUT2D eigenvalue weighted by Crippen LogP contribution is 2.44. The lowest BCUT2D eigenvalue weighted by Crippen LogP contribution is -2.61. The van der Waals surface area contributed by atoms with E-state index in [0.29, 0.717) is 0 Å². The van der Waals surface area contributed by atoms with Gasteiger partial charge < -0.3 is 38.5 Å². The van der Waals surface area contributed by atoms with Gasteiger partial charge in [-0.05, 0) is 48.5 Å². The van der Waals surface area contributed by atoms with Gasteiger partial charge in [-0.25, -0.2) is 4.79 Å². The van der Waals surface area contributed by atoms with Crippen molar-refractivity contribution in [2.24, 2.45) is 0 Å². The van der Waals surface area contributed by atoms with Crippen LogP contribution in [-0.2, 0) is 33.2 Å². The van der Waals surface area contributed by atoms with E-state index in [0.717, 1.165) is 6.29 Å². The Labute approximate surface area is 165 Å². The Balaban J connectivity index is 1.83. The summed E-state index contributed by atoms with van der Waals surface area (Å²) in [6.07, 6.45) is -2.75. The summed E-state index contributed by atoms with van der Waals surface area (Å²) >= 11 is 0. The van der Waals surface area contributed by atoms with Gasteiger partial charge in [-0.1, -0.05) is 0 Å². The number of carbonyl (C=O) groups is 2. The van der Waals surface area contributed by atoms with Crippen molar-refractivity contribution in [1.29, 1.82) is 0 Å². The quantitative estimate of drug-likeness (QED) is 0.713. The summed E-state index contributed by atoms with van der Waals surface area (Å²) < 4.78 is 35.4. The molecular weight excluding hydrogens is 370 g/mol. The molecule has 0 radical (unpaired) electrons. The van der Waals surface area contributed by atoms with Crippen molar-refractivity contribution in [1.82, 2.24) is 5.32 Å². The first-order valence-electron chi connectivity index (χ1n) is 9.60. The standard InChI is InChI=1S/C19H31NO8/c1-17(2,3)28-16(22)20-10(8-9-21)11-12-13(25-18(4,5)24-12)14-15(23-11)27-19(6,7)26-14/h9-15H,8H2,1-7H3,(H,20,22)/t10-,11+,12-,13-,14+,15+/m0/s1. The molecule has 0 aliphatic carbocycles. The van der Waals surface area contributed by atoms with Crippen LogP contribution >= 0.6 is 0 Å². The van der Waals surface area contributed by atoms with Crippen LogP contribution in [0, 0.1) is 0 Å². The summed E-state index contributed by atoms with van der Waals surface area (Å²) in [5, 5.41) is 2.74. The fraction of sp³-hybridized carbons (Fsp3) is 0.895. The molecule has 28 heavy (non-hydrogen) atoms. The first-order chi connectivity index (χ1) is 12.8. The van der Waals surface area contributed by atoms with Crippen molar-refractivity contribution in [2.45, 2.75) is 109 Å². The highest BCUT2D eigenvalue weighted by atomic mass is 16.9. The summed E-state index contributed by atoms with van der Waals surface area (Å²) in [7, 11) is 0. The maximum absolute atomic E-state index is 12.3. The van der Waals surface area contributed by atoms with E-state index in [9.17, 15) is 9.59 Å². The van der Waals surface area contributed by atoms with E-state index in [4.69, 9.17) is 28.4 Å². The van der Waals surface area contributed by atoms with Crippen molar-refractivity contribution in [3.05, 3.63) is 0 Å². The maximum Gasteiger partial charge on any atom is 0.407 e. The Morgan fingerprint density at radius 1 is 1.04 bits per heavy atom. The van der Waals surface area contributed by atoms with Crippen molar-refractivity contribution in [3.8, 4) is 0 Å². The summed E-state index contributed by atoms with van der Waals surface area (Å²) in [6.45, 7) is 12.5. The molecule has 0 aromatic rings. The molecule has 0 aromatic carbocycles. The van der Waals surface area contributed by atoms with Crippen molar-refractivity contribution in [2.75, 3.05) is 0 Å². The fourth-order valence-electron chi connectivity index (χ4n) is 3.80. The van der Waals surface area contributed by atoms with Crippen LogP contribution in [0.5, 0.6) is 0 Å². The second-order valence-electron chi connectivity index (χ2n) is 9.29. The second kappa shape index (κ2) is 7.21. The van der Waals surface area contributed by atoms with Crippen LogP contribution in [0.4, 0.5) is 4.79 Å². The Kier molecular flexibility index (Phi) is 5.52. The Morgan fingerprint density at radius 3 is 2.21 bits per heavy atom. The first-order valence-corrected chi connectivity index (χ1v) is 9.60. The first kappa shape index (κ1) is 21.4. The number of rotatable bonds is 4. The predicted octanol–water partition coefficient (Wildman–Crippen LogP) is 1.87. The maximum atomic E-state index is 12.3. The van der Waals surface area contributed by atoms with Gasteiger partial charge in [0, 0.05) is 6.42 Å². The number of ether oxygens (including phenoxy) is 6. The number of carbonyl (C=O) groups excluding carboxylic acids is 2. The van der Waals surface area contributed by atoms with Gasteiger partial charge in [-0.3, -0.25) is 0 Å². The van der Waals surface area contributed by atoms with Crippen molar-refractivity contribution >= 4 is 12.4 Å². The van der Waals surface area contributed by atoms with E-state index in [1.807, 2.05) is 0 Å². The molecule has 6 atom stereocenters. The second-order valence-corrected chi connectivity index (χ2v) is 9.29. The summed E-state index contributed by atoms with van der Waals surface area (Å²) in [4.78, 5) is 23.6. The Morgan fingerprint density at radius 2 is 1.61 bits per heavy atom. The normalized spacial score (nSPS) is 36.9. The van der Waals surface area contributed by atoms with Gasteiger partial charge in [0.2, 0.25) is 0 Å². The zero-order valence-corrected chi connectivity index (χ0v) is 17.5. The van der Waals surface area contributed by atoms with Crippen LogP contribution < -0.4 is 5.32 Å². The molecule has 3 saturated heterocycles. The van der Waals surface area contributed by atoms with Gasteiger partial charge in [0.15, 0.2) is 17.9 Å². The molecule has 9 nitrogen and oxygen atoms in total. The smallest absolute Gasteiger partial charge is 0.407 e. The van der Waals surface area contributed by atoms with Crippen molar-refractivity contribution < 1.29 is 38.0 Å². The zero-order chi connectivity index (χ0) is 20.9. The van der Waals surface area contributed by atoms with Gasteiger partial charge in [-0.2, -0.15) is 0 Å². The lowest BCUT2D eigenvalue weighted by molar-refractivity contribution is -0.239. The van der Waals surface area contributed by atoms with Gasteiger partial charge in [-0.15, -0.1) is 0 Å². The number of hydrogen-bond donors (Lipinski definition) is 1. The zero-order valence-electron chi connectivity index (χ0n) is 17.5. The van der Waals surface area contributed by atoms with Crippen LogP contribution in [0.3, 0.4) is 0 Å². The van der Waals surface area contributed by atoms with E-state index < -0.39 is 60.0 Å². The lowest BCUT2D eigenvalue weighted by atomic mass is 9.93. The fourth-order valence-corrected chi connectivity index (χ4v) is 3.80. The minimum atomic E-state index is -0.862. The van der Waals surface area contributed by atoms with Gasteiger partial charge in [0.05, 0.1) is 6.04 Å². The number of amides is 1. The van der Waals surface area contributed by atoms with Crippen LogP contribution in [0.15, 0.2) is 0 Å². The Hall–Kier alpha value is -1.26. The third kappa shape index (κ3) is 4.65. The molecule has 3 fully saturated rings. The molecule has 160 valence electrons. The monoisotopic (exact) mass is 401 g/mol. The molecule has 0 aromatic heterocycles. The average molecular weight is 401 g/mol. The third-order valence-corrected chi connectivity index (χ3v) is 4.64. The summed E-state index contributed by atoms with van der Waals surface area (Å²) in [5.41, 5.74) is -0.668. The number of fused-ring (bicyclic) bond motifs is 3. The average Bonchev–Trinajstić information content (AvgIpc) is 2.98. The molecule has 0 unspecified atom stereocenters. The molecule has 3 aliphatic rings. The minimum absolute atomic E-state index is 0.0263. The topological polar surface area (TPSA) is 102 Å². The molecular formula is C19H31NO8. The molecule has 0 bridgehead atoms. The molecule has 1 amide bonds. The van der Waals surface area contributed by atoms with Gasteiger partial charge in [0.1, 0.15) is 36.3 Å². The molecule has 3 rings (SSSR count). The van der Waals surface area contributed by atoms with Crippen LogP contribution in [-0.4, -0.2) is 66.3 Å². The predicted molar refractivity (Wildman–Crippen MR) is 96.4 cm³/mol. The largest absolute Gasteiger partial charge is 0.444 e. The molecule has 3 aliphatic heterocycles. The van der Waals surface area contributed by atoms with E-state index in [2.05, 4.69) is 5.32 Å². The number of nitrogens with one attached hydrogen (secondary N) is 1. The molecule has 0 spiro atoms. The number of aldehydes is 1. The van der Waals surface area contributed by atoms with Gasteiger partial charge in [0.25, 0.3) is 0 Å². The Bertz CT molecular complexity index is 614. The minimum Gasteiger partial charge on any atom is -0.444 e. The van der Waals surface area contributed by atoms with Crippen LogP contribution in [0.25, 0.3) is 0 Å². The molecule has 9 heteroatoms. The molecule has 0 saturated carbocycles. The van der Waals surface area contributed by atoms with E-state index in [1.165, 1.54) is 0 Å². The van der Waals surface area contributed by atoms with E-state index in [-0.39, 0.29) is 6.42 Å². The number of alkyl carbamates (subject to hydrolysis) is 1. The highest BCUT2D eigenvalue weighted by molar-refractivity contribution is 5.69. The molecule has 3 heterocycles. The van der Waals surface area contributed by atoms with E-state index in [1.54, 1.807) is 48.5 Å². The number of hydrogen-bond acceptors (Lipinski definition) is 8. The summed E-state index contributed by atoms with van der Waals surface area (Å²) in [5.74, 6) is -1.71. The van der Waals surface area contributed by atoms with Crippen LogP contribution in [0.1, 0.15) is 54.9 Å². The summed E-state index contributed by atoms with van der Waals surface area (Å²) in [6, 6.07) is -0.675. The van der Waals surface area contributed by atoms with Gasteiger partial charge >= 0.3 is 6.09 Å². The third-order valence-electron chi connectivity index (χ3n) is 4.64. The lowest BCUT2D eigenvalue weighted by Gasteiger charge is -2.40.